The van der Waals surface area contributed by atoms with Gasteiger partial charge in [0.05, 0.1) is 30.8 Å². The van der Waals surface area contributed by atoms with Crippen molar-refractivity contribution in [3.63, 3.8) is 0 Å². The maximum absolute atomic E-state index is 6.06. The first-order valence-electron chi connectivity index (χ1n) is 22.7. The molecule has 5 aliphatic heterocycles. The lowest BCUT2D eigenvalue weighted by atomic mass is 9.95. The van der Waals surface area contributed by atoms with Gasteiger partial charge in [-0.05, 0) is 113 Å². The van der Waals surface area contributed by atoms with E-state index in [1.807, 2.05) is 11.3 Å². The van der Waals surface area contributed by atoms with E-state index in [0.717, 1.165) is 83.0 Å². The van der Waals surface area contributed by atoms with Crippen molar-refractivity contribution in [3.8, 4) is 11.1 Å². The summed E-state index contributed by atoms with van der Waals surface area (Å²) in [5, 5.41) is 7.20. The number of ether oxygens (including phenoxy) is 2. The molecule has 1 aromatic carbocycles. The van der Waals surface area contributed by atoms with Crippen LogP contribution >= 0.6 is 22.7 Å². The summed E-state index contributed by atoms with van der Waals surface area (Å²) in [5.74, 6) is 4.14. The number of thiophene rings is 2. The van der Waals surface area contributed by atoms with Crippen LogP contribution in [-0.4, -0.2) is 135 Å². The van der Waals surface area contributed by atoms with Gasteiger partial charge < -0.3 is 34.0 Å². The van der Waals surface area contributed by atoms with Gasteiger partial charge in [-0.2, -0.15) is 0 Å². The number of fused-ring (bicyclic) bond motifs is 2. The summed E-state index contributed by atoms with van der Waals surface area (Å²) in [5.41, 5.74) is 5.35. The Kier molecular flexibility index (Phi) is 14.9. The van der Waals surface area contributed by atoms with Crippen LogP contribution in [0.25, 0.3) is 21.3 Å². The van der Waals surface area contributed by atoms with Crippen LogP contribution in [0.15, 0.2) is 52.4 Å². The fraction of sp³-hybridized carbons (Fsp3) is 0.638. The molecule has 0 radical (unpaired) electrons. The third-order valence-electron chi connectivity index (χ3n) is 13.0. The molecule has 59 heavy (non-hydrogen) atoms. The van der Waals surface area contributed by atoms with E-state index < -0.39 is 0 Å². The van der Waals surface area contributed by atoms with Crippen LogP contribution in [0.2, 0.25) is 0 Å². The summed E-state index contributed by atoms with van der Waals surface area (Å²) < 4.78 is 12.1. The van der Waals surface area contributed by atoms with Crippen LogP contribution in [0.4, 0.5) is 10.8 Å². The minimum atomic E-state index is 0.483. The summed E-state index contributed by atoms with van der Waals surface area (Å²) >= 11 is 3.61. The van der Waals surface area contributed by atoms with Crippen molar-refractivity contribution in [1.82, 2.24) is 24.7 Å². The van der Waals surface area contributed by atoms with Gasteiger partial charge in [-0.25, -0.2) is 15.0 Å². The minimum absolute atomic E-state index is 0.483. The topological polar surface area (TPSA) is 72.8 Å². The molecular weight excluding hydrogens is 773 g/mol. The highest BCUT2D eigenvalue weighted by molar-refractivity contribution is 7.17. The summed E-state index contributed by atoms with van der Waals surface area (Å²) in [6, 6.07) is 11.1. The second-order valence-electron chi connectivity index (χ2n) is 17.9. The number of likely N-dealkylation sites (tertiary alicyclic amines) is 3. The minimum Gasteiger partial charge on any atom is -0.380 e. The molecule has 0 spiro atoms. The predicted octanol–water partition coefficient (Wildman–Crippen LogP) is 8.93. The number of aromatic nitrogens is 2. The van der Waals surface area contributed by atoms with Gasteiger partial charge in [-0.15, -0.1) is 22.7 Å². The van der Waals surface area contributed by atoms with Gasteiger partial charge >= 0.3 is 0 Å². The van der Waals surface area contributed by atoms with E-state index in [0.29, 0.717) is 23.8 Å². The maximum atomic E-state index is 6.06. The molecule has 0 aliphatic carbocycles. The van der Waals surface area contributed by atoms with Crippen LogP contribution in [0, 0.1) is 11.8 Å². The molecule has 0 amide bonds. The van der Waals surface area contributed by atoms with Gasteiger partial charge in [-0.3, -0.25) is 0 Å². The molecule has 0 unspecified atom stereocenters. The van der Waals surface area contributed by atoms with E-state index in [1.165, 1.54) is 110 Å². The number of nitrogens with zero attached hydrogens (tertiary/aromatic N) is 8. The van der Waals surface area contributed by atoms with E-state index in [4.69, 9.17) is 19.5 Å². The SMILES string of the molecule is CC(C)c1csc2c1C(N1CCC(COCCN3CCCC3)CC1)=NCN2C(C)C.c1ccc(-c2csc3ncnc(N4CC[C@H](COCCN5CCCC5)C4)c23)cc1. The zero-order chi connectivity index (χ0) is 40.6. The fourth-order valence-electron chi connectivity index (χ4n) is 9.47. The highest BCUT2D eigenvalue weighted by Gasteiger charge is 2.33. The molecule has 3 aromatic heterocycles. The summed E-state index contributed by atoms with van der Waals surface area (Å²) in [7, 11) is 0. The predicted molar refractivity (Wildman–Crippen MR) is 248 cm³/mol. The van der Waals surface area contributed by atoms with E-state index in [9.17, 15) is 0 Å². The van der Waals surface area contributed by atoms with Gasteiger partial charge in [0.2, 0.25) is 0 Å². The monoisotopic (exact) mass is 840 g/mol. The van der Waals surface area contributed by atoms with Crippen molar-refractivity contribution in [2.45, 2.75) is 84.6 Å². The average Bonchev–Trinajstić information content (AvgIpc) is 4.12. The van der Waals surface area contributed by atoms with Crippen LogP contribution < -0.4 is 9.80 Å². The largest absolute Gasteiger partial charge is 0.380 e. The Hall–Kier alpha value is -3.13. The Bertz CT molecular complexity index is 1930. The Morgan fingerprint density at radius 2 is 1.37 bits per heavy atom. The number of hydrogen-bond acceptors (Lipinski definition) is 12. The Morgan fingerprint density at radius 1 is 0.729 bits per heavy atom. The molecule has 9 rings (SSSR count). The lowest BCUT2D eigenvalue weighted by Crippen LogP contribution is -2.44. The lowest BCUT2D eigenvalue weighted by molar-refractivity contribution is 0.0655. The normalized spacial score (nSPS) is 20.6. The molecule has 8 heterocycles. The highest BCUT2D eigenvalue weighted by Crippen LogP contribution is 2.41. The summed E-state index contributed by atoms with van der Waals surface area (Å²) in [6.07, 6.45) is 10.7. The van der Waals surface area contributed by atoms with Crippen LogP contribution in [0.3, 0.4) is 0 Å². The average molecular weight is 841 g/mol. The molecule has 1 atom stereocenters. The fourth-order valence-corrected chi connectivity index (χ4v) is 11.7. The van der Waals surface area contributed by atoms with E-state index in [-0.39, 0.29) is 0 Å². The molecule has 4 saturated heterocycles. The number of piperidine rings is 1. The third-order valence-corrected chi connectivity index (χ3v) is 15.0. The van der Waals surface area contributed by atoms with Gasteiger partial charge in [-0.1, -0.05) is 44.2 Å². The molecule has 0 N–H and O–H groups in total. The van der Waals surface area contributed by atoms with Crippen LogP contribution in [0.1, 0.15) is 89.7 Å². The molecule has 320 valence electrons. The molecule has 0 saturated carbocycles. The second-order valence-corrected chi connectivity index (χ2v) is 19.6. The summed E-state index contributed by atoms with van der Waals surface area (Å²) in [6.45, 7) is 25.0. The molecule has 12 heteroatoms. The Morgan fingerprint density at radius 3 is 2.03 bits per heavy atom. The smallest absolute Gasteiger partial charge is 0.141 e. The van der Waals surface area contributed by atoms with E-state index >= 15 is 0 Å². The number of rotatable bonds is 14. The number of amidine groups is 1. The quantitative estimate of drug-likeness (QED) is 0.116. The van der Waals surface area contributed by atoms with Crippen molar-refractivity contribution < 1.29 is 9.47 Å². The first-order valence-corrected chi connectivity index (χ1v) is 24.5. The third kappa shape index (κ3) is 10.5. The van der Waals surface area contributed by atoms with E-state index in [2.05, 4.69) is 98.3 Å². The first kappa shape index (κ1) is 42.6. The number of benzene rings is 1. The zero-order valence-corrected chi connectivity index (χ0v) is 37.8. The maximum Gasteiger partial charge on any atom is 0.141 e. The van der Waals surface area contributed by atoms with Gasteiger partial charge in [0.15, 0.2) is 0 Å². The van der Waals surface area contributed by atoms with Crippen molar-refractivity contribution >= 4 is 49.5 Å². The molecule has 4 fully saturated rings. The van der Waals surface area contributed by atoms with Crippen LogP contribution in [0.5, 0.6) is 0 Å². The molecular formula is C47H68N8O2S2. The van der Waals surface area contributed by atoms with E-state index in [1.54, 1.807) is 17.7 Å². The van der Waals surface area contributed by atoms with Crippen molar-refractivity contribution in [2.75, 3.05) is 108 Å². The van der Waals surface area contributed by atoms with Gasteiger partial charge in [0, 0.05) is 68.8 Å². The Balaban J connectivity index is 0.000000164. The summed E-state index contributed by atoms with van der Waals surface area (Å²) in [4.78, 5) is 27.9. The molecule has 4 aromatic rings. The Labute approximate surface area is 361 Å². The number of hydrogen-bond donors (Lipinski definition) is 0. The first-order chi connectivity index (χ1) is 28.9. The van der Waals surface area contributed by atoms with Gasteiger partial charge in [0.25, 0.3) is 0 Å². The number of anilines is 2. The lowest BCUT2D eigenvalue weighted by Gasteiger charge is -2.38. The molecule has 10 nitrogen and oxygen atoms in total. The molecule has 0 bridgehead atoms. The van der Waals surface area contributed by atoms with Gasteiger partial charge in [0.1, 0.15) is 34.5 Å². The standard InChI is InChI=1S/C24H40N4OS.C23H28N4OS/c1-18(2)21-16-30-24-22(21)23(25-17-28(24)19(3)4)27-11-7-20(8-12-27)15-29-14-13-26-9-5-6-10-26;1-2-6-19(7-3-1)20-16-29-23-21(20)22(24-17-25-23)27-11-8-18(14-27)15-28-13-12-26-9-4-5-10-26/h16,18-20H,5-15,17H2,1-4H3;1-3,6-7,16-18H,4-5,8-15H2/t;18-/m.0/s1. The molecule has 5 aliphatic rings. The second kappa shape index (κ2) is 20.6. The van der Waals surface area contributed by atoms with Crippen LogP contribution in [-0.2, 0) is 9.47 Å². The highest BCUT2D eigenvalue weighted by atomic mass is 32.1. The number of aliphatic imine (C=N–C) groups is 1. The zero-order valence-electron chi connectivity index (χ0n) is 36.2. The van der Waals surface area contributed by atoms with Crippen molar-refractivity contribution in [2.24, 2.45) is 16.8 Å². The van der Waals surface area contributed by atoms with Crippen molar-refractivity contribution in [1.29, 1.82) is 0 Å². The van der Waals surface area contributed by atoms with Crippen molar-refractivity contribution in [3.05, 3.63) is 58.5 Å².